The zero-order valence-corrected chi connectivity index (χ0v) is 17.2. The number of benzene rings is 2. The van der Waals surface area contributed by atoms with E-state index in [1.165, 1.54) is 11.8 Å². The summed E-state index contributed by atoms with van der Waals surface area (Å²) in [4.78, 5) is 12.4. The molecule has 3 rings (SSSR count). The number of nitrogens with one attached hydrogen (secondary N) is 1. The number of anilines is 1. The van der Waals surface area contributed by atoms with Crippen LogP contribution in [0.15, 0.2) is 62.6 Å². The molecule has 1 heterocycles. The standard InChI is InChI=1S/C19H18BrN3O3S/c1-3-25-16-10-5-4-9-15(16)18-22-23-19(26-18)27-12(2)17(24)21-14-8-6-7-13(20)11-14/h4-12H,3H2,1-2H3,(H,21,24). The van der Waals surface area contributed by atoms with Crippen molar-refractivity contribution in [2.24, 2.45) is 0 Å². The summed E-state index contributed by atoms with van der Waals surface area (Å²) in [6.07, 6.45) is 0. The largest absolute Gasteiger partial charge is 0.493 e. The summed E-state index contributed by atoms with van der Waals surface area (Å²) >= 11 is 4.59. The molecule has 1 N–H and O–H groups in total. The summed E-state index contributed by atoms with van der Waals surface area (Å²) in [6.45, 7) is 4.24. The van der Waals surface area contributed by atoms with Crippen molar-refractivity contribution in [3.05, 3.63) is 53.0 Å². The van der Waals surface area contributed by atoms with Gasteiger partial charge in [0.15, 0.2) is 0 Å². The molecular formula is C19H18BrN3O3S. The lowest BCUT2D eigenvalue weighted by Gasteiger charge is -2.10. The number of carbonyl (C=O) groups is 1. The van der Waals surface area contributed by atoms with Crippen molar-refractivity contribution in [2.45, 2.75) is 24.3 Å². The van der Waals surface area contributed by atoms with Gasteiger partial charge in [0.25, 0.3) is 11.1 Å². The average molecular weight is 448 g/mol. The minimum atomic E-state index is -0.403. The van der Waals surface area contributed by atoms with Crippen LogP contribution >= 0.6 is 27.7 Å². The second-order valence-corrected chi connectivity index (χ2v) is 7.77. The van der Waals surface area contributed by atoms with Gasteiger partial charge in [-0.15, -0.1) is 10.2 Å². The Morgan fingerprint density at radius 3 is 2.85 bits per heavy atom. The minimum absolute atomic E-state index is 0.146. The second kappa shape index (κ2) is 9.05. The van der Waals surface area contributed by atoms with Crippen LogP contribution in [0, 0.1) is 0 Å². The second-order valence-electron chi connectivity index (χ2n) is 5.56. The van der Waals surface area contributed by atoms with E-state index in [2.05, 4.69) is 31.4 Å². The number of para-hydroxylation sites is 1. The number of thioether (sulfide) groups is 1. The Hall–Kier alpha value is -2.32. The Morgan fingerprint density at radius 2 is 2.07 bits per heavy atom. The normalized spacial score (nSPS) is 11.8. The maximum absolute atomic E-state index is 12.4. The quantitative estimate of drug-likeness (QED) is 0.512. The molecule has 6 nitrogen and oxygen atoms in total. The molecule has 1 atom stereocenters. The van der Waals surface area contributed by atoms with Crippen LogP contribution in [0.1, 0.15) is 13.8 Å². The van der Waals surface area contributed by atoms with Crippen molar-refractivity contribution in [2.75, 3.05) is 11.9 Å². The molecule has 2 aromatic carbocycles. The lowest BCUT2D eigenvalue weighted by molar-refractivity contribution is -0.115. The SMILES string of the molecule is CCOc1ccccc1-c1nnc(SC(C)C(=O)Nc2cccc(Br)c2)o1. The van der Waals surface area contributed by atoms with Gasteiger partial charge in [0, 0.05) is 10.2 Å². The third kappa shape index (κ3) is 5.11. The molecule has 0 saturated carbocycles. The summed E-state index contributed by atoms with van der Waals surface area (Å²) in [7, 11) is 0. The first-order chi connectivity index (χ1) is 13.1. The molecule has 1 unspecified atom stereocenters. The average Bonchev–Trinajstić information content (AvgIpc) is 3.10. The van der Waals surface area contributed by atoms with E-state index in [1.54, 1.807) is 6.92 Å². The van der Waals surface area contributed by atoms with Crippen molar-refractivity contribution < 1.29 is 13.9 Å². The molecule has 0 radical (unpaired) electrons. The molecular weight excluding hydrogens is 430 g/mol. The van der Waals surface area contributed by atoms with Crippen LogP contribution in [0.4, 0.5) is 5.69 Å². The van der Waals surface area contributed by atoms with Gasteiger partial charge in [0.05, 0.1) is 17.4 Å². The van der Waals surface area contributed by atoms with E-state index in [-0.39, 0.29) is 5.91 Å². The van der Waals surface area contributed by atoms with Gasteiger partial charge >= 0.3 is 0 Å². The first-order valence-corrected chi connectivity index (χ1v) is 10.0. The number of nitrogens with zero attached hydrogens (tertiary/aromatic N) is 2. The highest BCUT2D eigenvalue weighted by atomic mass is 79.9. The number of aromatic nitrogens is 2. The van der Waals surface area contributed by atoms with Crippen LogP contribution in [0.2, 0.25) is 0 Å². The third-order valence-corrected chi connectivity index (χ3v) is 4.99. The van der Waals surface area contributed by atoms with Crippen molar-refractivity contribution >= 4 is 39.3 Å². The Bertz CT molecular complexity index is 932. The number of hydrogen-bond donors (Lipinski definition) is 1. The molecule has 0 fully saturated rings. The lowest BCUT2D eigenvalue weighted by atomic mass is 10.2. The number of halogens is 1. The van der Waals surface area contributed by atoms with Crippen LogP contribution in [-0.2, 0) is 4.79 Å². The summed E-state index contributed by atoms with van der Waals surface area (Å²) in [6, 6.07) is 14.9. The molecule has 0 saturated heterocycles. The predicted octanol–water partition coefficient (Wildman–Crippen LogP) is 5.02. The van der Waals surface area contributed by atoms with Crippen molar-refractivity contribution in [3.8, 4) is 17.2 Å². The van der Waals surface area contributed by atoms with Crippen LogP contribution in [0.3, 0.4) is 0 Å². The first kappa shape index (κ1) is 19.4. The van der Waals surface area contributed by atoms with Crippen molar-refractivity contribution in [1.82, 2.24) is 10.2 Å². The molecule has 0 aliphatic rings. The molecule has 0 aliphatic heterocycles. The summed E-state index contributed by atoms with van der Waals surface area (Å²) in [5.74, 6) is 0.898. The van der Waals surface area contributed by atoms with Gasteiger partial charge in [-0.3, -0.25) is 4.79 Å². The van der Waals surface area contributed by atoms with E-state index < -0.39 is 5.25 Å². The van der Waals surface area contributed by atoms with Gasteiger partial charge in [-0.1, -0.05) is 45.9 Å². The molecule has 0 aliphatic carbocycles. The fourth-order valence-corrected chi connectivity index (χ4v) is 3.39. The zero-order chi connectivity index (χ0) is 19.2. The van der Waals surface area contributed by atoms with Crippen molar-refractivity contribution in [3.63, 3.8) is 0 Å². The van der Waals surface area contributed by atoms with E-state index in [0.717, 1.165) is 15.7 Å². The van der Waals surface area contributed by atoms with Gasteiger partial charge in [-0.25, -0.2) is 0 Å². The number of ether oxygens (including phenoxy) is 1. The molecule has 0 spiro atoms. The highest BCUT2D eigenvalue weighted by Gasteiger charge is 2.20. The van der Waals surface area contributed by atoms with Gasteiger partial charge in [-0.2, -0.15) is 0 Å². The highest BCUT2D eigenvalue weighted by Crippen LogP contribution is 2.32. The maximum Gasteiger partial charge on any atom is 0.277 e. The Labute approximate surface area is 169 Å². The summed E-state index contributed by atoms with van der Waals surface area (Å²) < 4.78 is 12.2. The Balaban J connectivity index is 1.67. The van der Waals surface area contributed by atoms with Crippen molar-refractivity contribution in [1.29, 1.82) is 0 Å². The number of rotatable bonds is 7. The Kier molecular flexibility index (Phi) is 6.52. The van der Waals surface area contributed by atoms with Gasteiger partial charge < -0.3 is 14.5 Å². The van der Waals surface area contributed by atoms with E-state index in [9.17, 15) is 4.79 Å². The summed E-state index contributed by atoms with van der Waals surface area (Å²) in [5.41, 5.74) is 1.45. The fourth-order valence-electron chi connectivity index (χ4n) is 2.31. The van der Waals surface area contributed by atoms with E-state index >= 15 is 0 Å². The minimum Gasteiger partial charge on any atom is -0.493 e. The lowest BCUT2D eigenvalue weighted by Crippen LogP contribution is -2.22. The van der Waals surface area contributed by atoms with Crippen LogP contribution in [-0.4, -0.2) is 28.0 Å². The van der Waals surface area contributed by atoms with Crippen LogP contribution in [0.25, 0.3) is 11.5 Å². The third-order valence-electron chi connectivity index (χ3n) is 3.56. The first-order valence-electron chi connectivity index (χ1n) is 8.35. The highest BCUT2D eigenvalue weighted by molar-refractivity contribution is 9.10. The monoisotopic (exact) mass is 447 g/mol. The molecule has 1 aromatic heterocycles. The number of carbonyl (C=O) groups excluding carboxylic acids is 1. The molecule has 140 valence electrons. The molecule has 8 heteroatoms. The Morgan fingerprint density at radius 1 is 1.26 bits per heavy atom. The predicted molar refractivity (Wildman–Crippen MR) is 109 cm³/mol. The van der Waals surface area contributed by atoms with Crippen LogP contribution in [0.5, 0.6) is 5.75 Å². The van der Waals surface area contributed by atoms with E-state index in [0.29, 0.717) is 23.5 Å². The molecule has 0 bridgehead atoms. The summed E-state index contributed by atoms with van der Waals surface area (Å²) in [5, 5.41) is 10.9. The van der Waals surface area contributed by atoms with Gasteiger partial charge in [-0.05, 0) is 44.2 Å². The smallest absolute Gasteiger partial charge is 0.277 e. The topological polar surface area (TPSA) is 77.2 Å². The van der Waals surface area contributed by atoms with E-state index in [1.807, 2.05) is 55.5 Å². The number of hydrogen-bond acceptors (Lipinski definition) is 6. The van der Waals surface area contributed by atoms with E-state index in [4.69, 9.17) is 9.15 Å². The molecule has 27 heavy (non-hydrogen) atoms. The van der Waals surface area contributed by atoms with Gasteiger partial charge in [0.1, 0.15) is 5.75 Å². The fraction of sp³-hybridized carbons (Fsp3) is 0.211. The molecule has 3 aromatic rings. The maximum atomic E-state index is 12.4. The number of amides is 1. The van der Waals surface area contributed by atoms with Crippen LogP contribution < -0.4 is 10.1 Å². The molecule has 1 amide bonds. The zero-order valence-electron chi connectivity index (χ0n) is 14.8. The van der Waals surface area contributed by atoms with Gasteiger partial charge in [0.2, 0.25) is 5.91 Å².